The molecule has 0 saturated carbocycles. The molecule has 0 aliphatic rings. The zero-order valence-corrected chi connectivity index (χ0v) is 14.4. The van der Waals surface area contributed by atoms with Gasteiger partial charge in [-0.05, 0) is 36.5 Å². The van der Waals surface area contributed by atoms with Gasteiger partial charge in [-0.1, -0.05) is 39.8 Å². The van der Waals surface area contributed by atoms with Crippen molar-refractivity contribution in [2.24, 2.45) is 11.8 Å². The standard InChI is InChI=1S/C18H28N2O3/c1-5-13(4)17(22)20-16(10-12(2)3)18(23)19-15-8-6-14(11-21)7-9-15/h6-9,12-13,16,21H,5,10-11H2,1-4H3,(H,19,23)(H,20,22). The highest BCUT2D eigenvalue weighted by Crippen LogP contribution is 2.13. The summed E-state index contributed by atoms with van der Waals surface area (Å²) < 4.78 is 0. The molecule has 3 N–H and O–H groups in total. The van der Waals surface area contributed by atoms with Gasteiger partial charge in [0, 0.05) is 11.6 Å². The number of nitrogens with one attached hydrogen (secondary N) is 2. The van der Waals surface area contributed by atoms with Crippen molar-refractivity contribution in [1.29, 1.82) is 0 Å². The fourth-order valence-electron chi connectivity index (χ4n) is 2.13. The lowest BCUT2D eigenvalue weighted by Gasteiger charge is -2.22. The topological polar surface area (TPSA) is 78.4 Å². The summed E-state index contributed by atoms with van der Waals surface area (Å²) in [5.74, 6) is -0.128. The summed E-state index contributed by atoms with van der Waals surface area (Å²) in [5.41, 5.74) is 1.44. The average Bonchev–Trinajstić information content (AvgIpc) is 2.53. The largest absolute Gasteiger partial charge is 0.392 e. The lowest BCUT2D eigenvalue weighted by atomic mass is 10.0. The third-order valence-corrected chi connectivity index (χ3v) is 3.80. The van der Waals surface area contributed by atoms with Crippen molar-refractivity contribution in [3.8, 4) is 0 Å². The maximum absolute atomic E-state index is 12.5. The lowest BCUT2D eigenvalue weighted by molar-refractivity contribution is -0.129. The molecule has 0 aliphatic heterocycles. The van der Waals surface area contributed by atoms with Crippen molar-refractivity contribution in [2.45, 2.75) is 53.2 Å². The summed E-state index contributed by atoms with van der Waals surface area (Å²) in [5, 5.41) is 14.7. The van der Waals surface area contributed by atoms with Crippen LogP contribution in [0.2, 0.25) is 0 Å². The summed E-state index contributed by atoms with van der Waals surface area (Å²) in [7, 11) is 0. The second-order valence-electron chi connectivity index (χ2n) is 6.34. The van der Waals surface area contributed by atoms with E-state index in [1.165, 1.54) is 0 Å². The number of aliphatic hydroxyl groups is 1. The number of carbonyl (C=O) groups excluding carboxylic acids is 2. The van der Waals surface area contributed by atoms with Gasteiger partial charge in [-0.2, -0.15) is 0 Å². The van der Waals surface area contributed by atoms with Crippen molar-refractivity contribution in [1.82, 2.24) is 5.32 Å². The molecule has 128 valence electrons. The Hall–Kier alpha value is -1.88. The van der Waals surface area contributed by atoms with Gasteiger partial charge in [0.2, 0.25) is 11.8 Å². The van der Waals surface area contributed by atoms with Gasteiger partial charge in [0.05, 0.1) is 6.61 Å². The quantitative estimate of drug-likeness (QED) is 0.689. The normalized spacial score (nSPS) is 13.5. The molecule has 0 radical (unpaired) electrons. The molecule has 0 fully saturated rings. The third-order valence-electron chi connectivity index (χ3n) is 3.80. The number of carbonyl (C=O) groups is 2. The van der Waals surface area contributed by atoms with Gasteiger partial charge in [-0.15, -0.1) is 0 Å². The maximum atomic E-state index is 12.5. The van der Waals surface area contributed by atoms with E-state index in [1.807, 2.05) is 27.7 Å². The Morgan fingerprint density at radius 2 is 1.70 bits per heavy atom. The molecule has 2 unspecified atom stereocenters. The number of anilines is 1. The van der Waals surface area contributed by atoms with E-state index in [-0.39, 0.29) is 24.3 Å². The molecule has 1 aromatic rings. The predicted octanol–water partition coefficient (Wildman–Crippen LogP) is 2.69. The molecule has 5 heteroatoms. The number of rotatable bonds is 8. The third kappa shape index (κ3) is 6.40. The molecule has 23 heavy (non-hydrogen) atoms. The van der Waals surface area contributed by atoms with Crippen LogP contribution in [0.25, 0.3) is 0 Å². The Morgan fingerprint density at radius 3 is 2.17 bits per heavy atom. The Bertz CT molecular complexity index is 512. The van der Waals surface area contributed by atoms with Gasteiger partial charge in [0.1, 0.15) is 6.04 Å². The fraction of sp³-hybridized carbons (Fsp3) is 0.556. The van der Waals surface area contributed by atoms with Gasteiger partial charge in [-0.25, -0.2) is 0 Å². The van der Waals surface area contributed by atoms with E-state index in [0.717, 1.165) is 12.0 Å². The molecule has 0 heterocycles. The predicted molar refractivity (Wildman–Crippen MR) is 91.8 cm³/mol. The number of benzene rings is 1. The van der Waals surface area contributed by atoms with Crippen LogP contribution in [0.5, 0.6) is 0 Å². The second kappa shape index (κ2) is 9.30. The Labute approximate surface area is 138 Å². The minimum Gasteiger partial charge on any atom is -0.392 e. The van der Waals surface area contributed by atoms with Gasteiger partial charge < -0.3 is 15.7 Å². The van der Waals surface area contributed by atoms with E-state index in [0.29, 0.717) is 18.0 Å². The number of amides is 2. The van der Waals surface area contributed by atoms with Crippen LogP contribution in [0.4, 0.5) is 5.69 Å². The van der Waals surface area contributed by atoms with Crippen molar-refractivity contribution in [2.75, 3.05) is 5.32 Å². The highest BCUT2D eigenvalue weighted by molar-refractivity contribution is 5.97. The van der Waals surface area contributed by atoms with Crippen molar-refractivity contribution >= 4 is 17.5 Å². The molecule has 0 aliphatic carbocycles. The molecule has 0 aromatic heterocycles. The fourth-order valence-corrected chi connectivity index (χ4v) is 2.13. The van der Waals surface area contributed by atoms with E-state index in [1.54, 1.807) is 24.3 Å². The summed E-state index contributed by atoms with van der Waals surface area (Å²) in [4.78, 5) is 24.6. The monoisotopic (exact) mass is 320 g/mol. The molecular formula is C18H28N2O3. The molecule has 2 atom stereocenters. The smallest absolute Gasteiger partial charge is 0.246 e. The van der Waals surface area contributed by atoms with Crippen LogP contribution in [-0.4, -0.2) is 23.0 Å². The highest BCUT2D eigenvalue weighted by Gasteiger charge is 2.23. The van der Waals surface area contributed by atoms with E-state index < -0.39 is 6.04 Å². The minimum absolute atomic E-state index is 0.0326. The van der Waals surface area contributed by atoms with Crippen LogP contribution in [0.3, 0.4) is 0 Å². The minimum atomic E-state index is -0.547. The maximum Gasteiger partial charge on any atom is 0.246 e. The van der Waals surface area contributed by atoms with E-state index in [4.69, 9.17) is 5.11 Å². The first-order valence-electron chi connectivity index (χ1n) is 8.18. The number of aliphatic hydroxyl groups excluding tert-OH is 1. The summed E-state index contributed by atoms with van der Waals surface area (Å²) in [6, 6.07) is 6.45. The average molecular weight is 320 g/mol. The zero-order valence-electron chi connectivity index (χ0n) is 14.4. The lowest BCUT2D eigenvalue weighted by Crippen LogP contribution is -2.46. The van der Waals surface area contributed by atoms with Crippen LogP contribution in [0.15, 0.2) is 24.3 Å². The van der Waals surface area contributed by atoms with Gasteiger partial charge in [-0.3, -0.25) is 9.59 Å². The molecule has 0 spiro atoms. The van der Waals surface area contributed by atoms with E-state index in [2.05, 4.69) is 10.6 Å². The van der Waals surface area contributed by atoms with Gasteiger partial charge in [0.15, 0.2) is 0 Å². The molecule has 0 bridgehead atoms. The Morgan fingerprint density at radius 1 is 1.09 bits per heavy atom. The van der Waals surface area contributed by atoms with Crippen molar-refractivity contribution < 1.29 is 14.7 Å². The molecule has 5 nitrogen and oxygen atoms in total. The van der Waals surface area contributed by atoms with Crippen molar-refractivity contribution in [3.63, 3.8) is 0 Å². The summed E-state index contributed by atoms with van der Waals surface area (Å²) >= 11 is 0. The first-order valence-corrected chi connectivity index (χ1v) is 8.18. The summed E-state index contributed by atoms with van der Waals surface area (Å²) in [6.45, 7) is 7.81. The van der Waals surface area contributed by atoms with Crippen LogP contribution in [0.1, 0.15) is 46.1 Å². The molecule has 2 amide bonds. The number of hydrogen-bond donors (Lipinski definition) is 3. The van der Waals surface area contributed by atoms with E-state index in [9.17, 15) is 9.59 Å². The van der Waals surface area contributed by atoms with Gasteiger partial charge in [0.25, 0.3) is 0 Å². The first kappa shape index (κ1) is 19.2. The number of hydrogen-bond acceptors (Lipinski definition) is 3. The summed E-state index contributed by atoms with van der Waals surface area (Å²) in [6.07, 6.45) is 1.33. The highest BCUT2D eigenvalue weighted by atomic mass is 16.3. The molecular weight excluding hydrogens is 292 g/mol. The second-order valence-corrected chi connectivity index (χ2v) is 6.34. The van der Waals surface area contributed by atoms with Crippen LogP contribution < -0.4 is 10.6 Å². The van der Waals surface area contributed by atoms with Crippen LogP contribution in [-0.2, 0) is 16.2 Å². The Kier molecular flexibility index (Phi) is 7.75. The van der Waals surface area contributed by atoms with Crippen LogP contribution >= 0.6 is 0 Å². The van der Waals surface area contributed by atoms with Crippen LogP contribution in [0, 0.1) is 11.8 Å². The zero-order chi connectivity index (χ0) is 17.4. The van der Waals surface area contributed by atoms with Crippen molar-refractivity contribution in [3.05, 3.63) is 29.8 Å². The van der Waals surface area contributed by atoms with E-state index >= 15 is 0 Å². The van der Waals surface area contributed by atoms with Gasteiger partial charge >= 0.3 is 0 Å². The molecule has 0 saturated heterocycles. The Balaban J connectivity index is 2.75. The SMILES string of the molecule is CCC(C)C(=O)NC(CC(C)C)C(=O)Nc1ccc(CO)cc1. The molecule has 1 rings (SSSR count). The first-order chi connectivity index (χ1) is 10.9. The molecule has 1 aromatic carbocycles.